The number of thioether (sulfide) groups is 2. The second kappa shape index (κ2) is 10.7. The molecule has 7 nitrogen and oxygen atoms in total. The van der Waals surface area contributed by atoms with Crippen molar-refractivity contribution in [1.82, 2.24) is 24.5 Å². The molecule has 4 rings (SSSR count). The maximum Gasteiger partial charge on any atom is 0.263 e. The molecule has 4 aromatic rings. The second-order valence-corrected chi connectivity index (χ2v) is 9.17. The molecule has 0 spiro atoms. The Morgan fingerprint density at radius 1 is 1.15 bits per heavy atom. The topological polar surface area (TPSA) is 81.3 Å². The molecular formula is C23H22FN5O2S2. The summed E-state index contributed by atoms with van der Waals surface area (Å²) in [6.07, 6.45) is 1.63. The van der Waals surface area contributed by atoms with Crippen LogP contribution in [0, 0.1) is 5.82 Å². The van der Waals surface area contributed by atoms with Crippen LogP contribution in [0.3, 0.4) is 0 Å². The fourth-order valence-corrected chi connectivity index (χ4v) is 4.98. The van der Waals surface area contributed by atoms with Gasteiger partial charge in [-0.15, -0.1) is 16.8 Å². The molecule has 1 N–H and O–H groups in total. The summed E-state index contributed by atoms with van der Waals surface area (Å²) in [7, 11) is 0. The molecule has 2 aromatic carbocycles. The molecular weight excluding hydrogens is 461 g/mol. The third-order valence-electron chi connectivity index (χ3n) is 4.91. The monoisotopic (exact) mass is 483 g/mol. The van der Waals surface area contributed by atoms with Gasteiger partial charge in [-0.05, 0) is 23.8 Å². The molecule has 170 valence electrons. The van der Waals surface area contributed by atoms with E-state index in [4.69, 9.17) is 0 Å². The van der Waals surface area contributed by atoms with Crippen LogP contribution in [0.4, 0.5) is 4.39 Å². The maximum absolute atomic E-state index is 13.6. The normalized spacial score (nSPS) is 11.2. The number of para-hydroxylation sites is 1. The summed E-state index contributed by atoms with van der Waals surface area (Å²) in [6, 6.07) is 13.9. The molecule has 0 aliphatic heterocycles. The average molecular weight is 484 g/mol. The van der Waals surface area contributed by atoms with E-state index in [1.165, 1.54) is 22.4 Å². The number of allylic oxidation sites excluding steroid dienone is 1. The van der Waals surface area contributed by atoms with Crippen molar-refractivity contribution in [3.63, 3.8) is 0 Å². The minimum atomic E-state index is -0.211. The molecule has 0 radical (unpaired) electrons. The van der Waals surface area contributed by atoms with Crippen molar-refractivity contribution >= 4 is 46.1 Å². The van der Waals surface area contributed by atoms with Crippen molar-refractivity contribution in [3.05, 3.63) is 82.9 Å². The van der Waals surface area contributed by atoms with Crippen LogP contribution in [-0.4, -0.2) is 43.1 Å². The first-order valence-electron chi connectivity index (χ1n) is 10.3. The van der Waals surface area contributed by atoms with Crippen LogP contribution in [-0.2, 0) is 17.1 Å². The molecule has 0 saturated carbocycles. The number of nitrogens with zero attached hydrogens (tertiary/aromatic N) is 4. The molecule has 10 heteroatoms. The predicted molar refractivity (Wildman–Crippen MR) is 131 cm³/mol. The van der Waals surface area contributed by atoms with Gasteiger partial charge in [0.2, 0.25) is 11.7 Å². The number of aromatic nitrogens is 4. The van der Waals surface area contributed by atoms with Crippen LogP contribution in [0.5, 0.6) is 0 Å². The van der Waals surface area contributed by atoms with Crippen molar-refractivity contribution in [3.8, 4) is 0 Å². The molecule has 33 heavy (non-hydrogen) atoms. The van der Waals surface area contributed by atoms with Crippen LogP contribution in [0.2, 0.25) is 0 Å². The van der Waals surface area contributed by atoms with E-state index in [2.05, 4.69) is 22.1 Å². The summed E-state index contributed by atoms with van der Waals surface area (Å²) in [4.78, 5) is 25.2. The Labute approximate surface area is 198 Å². The molecule has 2 heterocycles. The lowest BCUT2D eigenvalue weighted by molar-refractivity contribution is -0.118. The number of benzene rings is 2. The highest BCUT2D eigenvalue weighted by molar-refractivity contribution is 7.99. The Bertz CT molecular complexity index is 1370. The van der Waals surface area contributed by atoms with Crippen LogP contribution in [0.25, 0.3) is 16.7 Å². The summed E-state index contributed by atoms with van der Waals surface area (Å²) >= 11 is 2.82. The van der Waals surface area contributed by atoms with Gasteiger partial charge >= 0.3 is 0 Å². The Balaban J connectivity index is 1.38. The SMILES string of the molecule is C=CCn1c(=O)c2ccccc2n2c(SCC(=O)NCCSCc3ccccc3F)nnc12. The third kappa shape index (κ3) is 5.12. The van der Waals surface area contributed by atoms with Crippen LogP contribution >= 0.6 is 23.5 Å². The summed E-state index contributed by atoms with van der Waals surface area (Å²) in [6.45, 7) is 4.51. The number of halogens is 1. The Morgan fingerprint density at radius 3 is 2.76 bits per heavy atom. The zero-order valence-corrected chi connectivity index (χ0v) is 19.4. The van der Waals surface area contributed by atoms with Crippen molar-refractivity contribution in [1.29, 1.82) is 0 Å². The average Bonchev–Trinajstić information content (AvgIpc) is 3.25. The number of hydrogen-bond donors (Lipinski definition) is 1. The minimum Gasteiger partial charge on any atom is -0.355 e. The second-order valence-electron chi connectivity index (χ2n) is 7.12. The lowest BCUT2D eigenvalue weighted by Gasteiger charge is -2.09. The fourth-order valence-electron chi connectivity index (χ4n) is 3.36. The summed E-state index contributed by atoms with van der Waals surface area (Å²) in [5.41, 5.74) is 1.19. The lowest BCUT2D eigenvalue weighted by atomic mass is 10.2. The number of hydrogen-bond acceptors (Lipinski definition) is 6. The number of fused-ring (bicyclic) bond motifs is 3. The summed E-state index contributed by atoms with van der Waals surface area (Å²) in [5.74, 6) is 1.46. The minimum absolute atomic E-state index is 0.132. The molecule has 0 aliphatic rings. The van der Waals surface area contributed by atoms with Gasteiger partial charge in [-0.3, -0.25) is 18.6 Å². The van der Waals surface area contributed by atoms with E-state index in [1.807, 2.05) is 24.3 Å². The molecule has 0 atom stereocenters. The van der Waals surface area contributed by atoms with E-state index in [0.29, 0.717) is 52.0 Å². The van der Waals surface area contributed by atoms with Gasteiger partial charge in [0.05, 0.1) is 16.7 Å². The number of amides is 1. The van der Waals surface area contributed by atoms with Gasteiger partial charge in [-0.2, -0.15) is 11.8 Å². The van der Waals surface area contributed by atoms with E-state index in [0.717, 1.165) is 0 Å². The zero-order chi connectivity index (χ0) is 23.2. The molecule has 2 aromatic heterocycles. The van der Waals surface area contributed by atoms with Crippen LogP contribution in [0.15, 0.2) is 71.1 Å². The summed E-state index contributed by atoms with van der Waals surface area (Å²) in [5, 5.41) is 12.4. The highest BCUT2D eigenvalue weighted by Crippen LogP contribution is 2.21. The molecule has 0 bridgehead atoms. The van der Waals surface area contributed by atoms with E-state index in [9.17, 15) is 14.0 Å². The lowest BCUT2D eigenvalue weighted by Crippen LogP contribution is -2.27. The highest BCUT2D eigenvalue weighted by Gasteiger charge is 2.17. The number of carbonyl (C=O) groups is 1. The standard InChI is InChI=1S/C23H22FN5O2S2/c1-2-12-28-21(31)17-8-4-6-10-19(17)29-22(28)26-27-23(29)33-15-20(30)25-11-13-32-14-16-7-3-5-9-18(16)24/h2-10H,1,11-15H2,(H,25,30). The Hall–Kier alpha value is -3.11. The Morgan fingerprint density at radius 2 is 1.94 bits per heavy atom. The quantitative estimate of drug-likeness (QED) is 0.211. The van der Waals surface area contributed by atoms with Gasteiger partial charge in [0.15, 0.2) is 5.16 Å². The van der Waals surface area contributed by atoms with E-state index in [-0.39, 0.29) is 23.0 Å². The van der Waals surface area contributed by atoms with Crippen LogP contribution in [0.1, 0.15) is 5.56 Å². The summed E-state index contributed by atoms with van der Waals surface area (Å²) < 4.78 is 16.9. The zero-order valence-electron chi connectivity index (χ0n) is 17.7. The van der Waals surface area contributed by atoms with Gasteiger partial charge in [0.25, 0.3) is 5.56 Å². The van der Waals surface area contributed by atoms with E-state index < -0.39 is 0 Å². The first-order valence-corrected chi connectivity index (χ1v) is 12.4. The van der Waals surface area contributed by atoms with Gasteiger partial charge in [0, 0.05) is 24.6 Å². The maximum atomic E-state index is 13.6. The van der Waals surface area contributed by atoms with E-state index >= 15 is 0 Å². The van der Waals surface area contributed by atoms with E-state index in [1.54, 1.807) is 40.4 Å². The van der Waals surface area contributed by atoms with Crippen molar-refractivity contribution < 1.29 is 9.18 Å². The molecule has 0 aliphatic carbocycles. The number of rotatable bonds is 10. The van der Waals surface area contributed by atoms with Gasteiger partial charge in [-0.1, -0.05) is 48.2 Å². The van der Waals surface area contributed by atoms with Gasteiger partial charge < -0.3 is 5.32 Å². The van der Waals surface area contributed by atoms with Crippen molar-refractivity contribution in [2.24, 2.45) is 0 Å². The predicted octanol–water partition coefficient (Wildman–Crippen LogP) is 3.51. The smallest absolute Gasteiger partial charge is 0.263 e. The Kier molecular flexibility index (Phi) is 7.46. The largest absolute Gasteiger partial charge is 0.355 e. The first kappa shape index (κ1) is 23.1. The number of carbonyl (C=O) groups excluding carboxylic acids is 1. The fraction of sp³-hybridized carbons (Fsp3) is 0.217. The molecule has 0 saturated heterocycles. The number of nitrogens with one attached hydrogen (secondary N) is 1. The first-order chi connectivity index (χ1) is 16.1. The van der Waals surface area contributed by atoms with Crippen molar-refractivity contribution in [2.45, 2.75) is 17.5 Å². The molecule has 0 unspecified atom stereocenters. The molecule has 1 amide bonds. The van der Waals surface area contributed by atoms with Gasteiger partial charge in [-0.25, -0.2) is 4.39 Å². The molecule has 0 fully saturated rings. The van der Waals surface area contributed by atoms with Gasteiger partial charge in [0.1, 0.15) is 5.82 Å². The van der Waals surface area contributed by atoms with Crippen LogP contribution < -0.4 is 10.9 Å². The van der Waals surface area contributed by atoms with Crippen molar-refractivity contribution in [2.75, 3.05) is 18.1 Å². The third-order valence-corrected chi connectivity index (χ3v) is 6.84. The highest BCUT2D eigenvalue weighted by atomic mass is 32.2.